The summed E-state index contributed by atoms with van der Waals surface area (Å²) in [6.07, 6.45) is 1.86. The molecular formula is C26H32N4S. The molecule has 1 saturated heterocycles. The van der Waals surface area contributed by atoms with Crippen LogP contribution in [0.15, 0.2) is 48.7 Å². The van der Waals surface area contributed by atoms with Gasteiger partial charge >= 0.3 is 0 Å². The molecule has 0 spiro atoms. The van der Waals surface area contributed by atoms with Crippen LogP contribution in [0.25, 0.3) is 5.69 Å². The summed E-state index contributed by atoms with van der Waals surface area (Å²) in [5, 5.41) is 4.39. The van der Waals surface area contributed by atoms with Gasteiger partial charge in [-0.05, 0) is 80.7 Å². The summed E-state index contributed by atoms with van der Waals surface area (Å²) in [6.45, 7) is 14.2. The highest BCUT2D eigenvalue weighted by Crippen LogP contribution is 2.42. The number of benzene rings is 1. The molecule has 3 aromatic rings. The Morgan fingerprint density at radius 3 is 2.35 bits per heavy atom. The van der Waals surface area contributed by atoms with Gasteiger partial charge in [0.25, 0.3) is 0 Å². The normalized spacial score (nSPS) is 18.7. The van der Waals surface area contributed by atoms with Crippen molar-refractivity contribution in [1.82, 2.24) is 19.8 Å². The van der Waals surface area contributed by atoms with Crippen LogP contribution >= 0.6 is 12.2 Å². The summed E-state index contributed by atoms with van der Waals surface area (Å²) >= 11 is 5.81. The highest BCUT2D eigenvalue weighted by Gasteiger charge is 2.41. The van der Waals surface area contributed by atoms with E-state index in [0.717, 1.165) is 17.4 Å². The van der Waals surface area contributed by atoms with E-state index < -0.39 is 0 Å². The lowest BCUT2D eigenvalue weighted by Gasteiger charge is -2.29. The van der Waals surface area contributed by atoms with Crippen LogP contribution < -0.4 is 5.32 Å². The van der Waals surface area contributed by atoms with Crippen LogP contribution in [0.1, 0.15) is 59.7 Å². The molecule has 1 aliphatic heterocycles. The molecule has 0 bridgehead atoms. The number of rotatable bonds is 5. The van der Waals surface area contributed by atoms with Crippen LogP contribution in [0.3, 0.4) is 0 Å². The molecule has 0 amide bonds. The number of para-hydroxylation sites is 1. The Morgan fingerprint density at radius 2 is 1.74 bits per heavy atom. The SMILES string of the molecule is Cc1cccc(C)c1-n1c(C)cc([C@@H]2[C@@H](c3ccccn3)NC(=S)N2CC(C)C)c1C. The number of nitrogens with zero attached hydrogens (tertiary/aromatic N) is 3. The molecular weight excluding hydrogens is 400 g/mol. The predicted molar refractivity (Wildman–Crippen MR) is 132 cm³/mol. The van der Waals surface area contributed by atoms with Gasteiger partial charge in [-0.1, -0.05) is 38.1 Å². The molecule has 4 nitrogen and oxygen atoms in total. The molecule has 5 heteroatoms. The molecule has 2 atom stereocenters. The van der Waals surface area contributed by atoms with Crippen molar-refractivity contribution in [1.29, 1.82) is 0 Å². The first-order chi connectivity index (χ1) is 14.8. The average molecular weight is 433 g/mol. The number of aryl methyl sites for hydroxylation is 3. The standard InChI is InChI=1S/C26H32N4S/c1-16(2)15-29-25(23(28-26(29)31)22-12-7-8-13-27-22)21-14-19(5)30(20(21)6)24-17(3)10-9-11-18(24)4/h7-14,16,23,25H,15H2,1-6H3,(H,28,31)/t23-,25-/m1/s1. The summed E-state index contributed by atoms with van der Waals surface area (Å²) in [6, 6.07) is 15.1. The second-order valence-electron chi connectivity index (χ2n) is 9.08. The van der Waals surface area contributed by atoms with E-state index in [0.29, 0.717) is 5.92 Å². The molecule has 0 unspecified atom stereocenters. The van der Waals surface area contributed by atoms with E-state index in [1.165, 1.54) is 33.8 Å². The van der Waals surface area contributed by atoms with E-state index in [9.17, 15) is 0 Å². The van der Waals surface area contributed by atoms with Gasteiger partial charge in [-0.15, -0.1) is 0 Å². The van der Waals surface area contributed by atoms with Crippen LogP contribution in [0, 0.1) is 33.6 Å². The lowest BCUT2D eigenvalue weighted by atomic mass is 9.96. The number of thiocarbonyl (C=S) groups is 1. The molecule has 2 aromatic heterocycles. The van der Waals surface area contributed by atoms with Gasteiger partial charge in [0.1, 0.15) is 0 Å². The second-order valence-corrected chi connectivity index (χ2v) is 9.46. The molecule has 1 fully saturated rings. The van der Waals surface area contributed by atoms with E-state index in [-0.39, 0.29) is 12.1 Å². The summed E-state index contributed by atoms with van der Waals surface area (Å²) in [5.74, 6) is 0.506. The molecule has 162 valence electrons. The molecule has 4 rings (SSSR count). The molecule has 31 heavy (non-hydrogen) atoms. The molecule has 0 aliphatic carbocycles. The monoisotopic (exact) mass is 432 g/mol. The maximum atomic E-state index is 5.81. The maximum Gasteiger partial charge on any atom is 0.170 e. The Balaban J connectivity index is 1.88. The lowest BCUT2D eigenvalue weighted by molar-refractivity contribution is 0.287. The summed E-state index contributed by atoms with van der Waals surface area (Å²) in [7, 11) is 0. The van der Waals surface area contributed by atoms with Gasteiger partial charge in [-0.25, -0.2) is 0 Å². The Kier molecular flexibility index (Phi) is 5.89. The number of nitrogens with one attached hydrogen (secondary N) is 1. The van der Waals surface area contributed by atoms with E-state index >= 15 is 0 Å². The van der Waals surface area contributed by atoms with E-state index in [2.05, 4.69) is 97.7 Å². The number of aromatic nitrogens is 2. The van der Waals surface area contributed by atoms with Gasteiger partial charge < -0.3 is 14.8 Å². The molecule has 3 heterocycles. The lowest BCUT2D eigenvalue weighted by Crippen LogP contribution is -2.33. The average Bonchev–Trinajstić information content (AvgIpc) is 3.19. The molecule has 0 radical (unpaired) electrons. The van der Waals surface area contributed by atoms with Crippen molar-refractivity contribution >= 4 is 17.3 Å². The third-order valence-corrected chi connectivity index (χ3v) is 6.56. The first kappa shape index (κ1) is 21.6. The third-order valence-electron chi connectivity index (χ3n) is 6.21. The number of hydrogen-bond acceptors (Lipinski definition) is 2. The Morgan fingerprint density at radius 1 is 1.03 bits per heavy atom. The van der Waals surface area contributed by atoms with Crippen LogP contribution in [-0.4, -0.2) is 26.1 Å². The minimum atomic E-state index is 0.0272. The van der Waals surface area contributed by atoms with Gasteiger partial charge in [0.15, 0.2) is 5.11 Å². The van der Waals surface area contributed by atoms with Crippen LogP contribution in [0.4, 0.5) is 0 Å². The zero-order valence-corrected chi connectivity index (χ0v) is 20.1. The van der Waals surface area contributed by atoms with Gasteiger partial charge in [0.2, 0.25) is 0 Å². The number of pyridine rings is 1. The fraction of sp³-hybridized carbons (Fsp3) is 0.385. The van der Waals surface area contributed by atoms with Gasteiger partial charge in [0, 0.05) is 24.1 Å². The second kappa shape index (κ2) is 8.46. The summed E-state index contributed by atoms with van der Waals surface area (Å²) in [5.41, 5.74) is 8.69. The minimum Gasteiger partial charge on any atom is -0.352 e. The summed E-state index contributed by atoms with van der Waals surface area (Å²) in [4.78, 5) is 7.03. The fourth-order valence-electron chi connectivity index (χ4n) is 4.92. The Hall–Kier alpha value is -2.66. The molecule has 0 saturated carbocycles. The van der Waals surface area contributed by atoms with E-state index in [1.807, 2.05) is 12.3 Å². The highest BCUT2D eigenvalue weighted by molar-refractivity contribution is 7.80. The Bertz CT molecular complexity index is 1080. The number of hydrogen-bond donors (Lipinski definition) is 1. The molecule has 1 aliphatic rings. The smallest absolute Gasteiger partial charge is 0.170 e. The zero-order valence-electron chi connectivity index (χ0n) is 19.3. The predicted octanol–water partition coefficient (Wildman–Crippen LogP) is 5.73. The largest absolute Gasteiger partial charge is 0.352 e. The van der Waals surface area contributed by atoms with Crippen molar-refractivity contribution in [3.05, 3.63) is 82.4 Å². The summed E-state index contributed by atoms with van der Waals surface area (Å²) < 4.78 is 2.41. The van der Waals surface area contributed by atoms with Gasteiger partial charge in [-0.3, -0.25) is 4.98 Å². The quantitative estimate of drug-likeness (QED) is 0.522. The van der Waals surface area contributed by atoms with Gasteiger partial charge in [-0.2, -0.15) is 0 Å². The van der Waals surface area contributed by atoms with Crippen molar-refractivity contribution in [2.24, 2.45) is 5.92 Å². The van der Waals surface area contributed by atoms with Crippen molar-refractivity contribution < 1.29 is 0 Å². The molecule has 1 N–H and O–H groups in total. The van der Waals surface area contributed by atoms with Crippen LogP contribution in [0.5, 0.6) is 0 Å². The Labute approximate surface area is 191 Å². The first-order valence-corrected chi connectivity index (χ1v) is 11.4. The third kappa shape index (κ3) is 3.87. The topological polar surface area (TPSA) is 33.1 Å². The fourth-order valence-corrected chi connectivity index (χ4v) is 5.24. The first-order valence-electron chi connectivity index (χ1n) is 11.0. The molecule has 1 aromatic carbocycles. The van der Waals surface area contributed by atoms with Crippen molar-refractivity contribution in [2.75, 3.05) is 6.54 Å². The zero-order chi connectivity index (χ0) is 22.3. The minimum absolute atomic E-state index is 0.0272. The van der Waals surface area contributed by atoms with Crippen LogP contribution in [-0.2, 0) is 0 Å². The van der Waals surface area contributed by atoms with E-state index in [1.54, 1.807) is 0 Å². The van der Waals surface area contributed by atoms with Crippen LogP contribution in [0.2, 0.25) is 0 Å². The van der Waals surface area contributed by atoms with Crippen molar-refractivity contribution in [2.45, 2.75) is 53.6 Å². The van der Waals surface area contributed by atoms with E-state index in [4.69, 9.17) is 12.2 Å². The maximum absolute atomic E-state index is 5.81. The van der Waals surface area contributed by atoms with Crippen molar-refractivity contribution in [3.63, 3.8) is 0 Å². The van der Waals surface area contributed by atoms with Crippen molar-refractivity contribution in [3.8, 4) is 5.69 Å². The van der Waals surface area contributed by atoms with Gasteiger partial charge in [0.05, 0.1) is 23.5 Å². The highest BCUT2D eigenvalue weighted by atomic mass is 32.1.